The molecule has 144 valence electrons. The van der Waals surface area contributed by atoms with Crippen LogP contribution in [-0.2, 0) is 10.8 Å². The fraction of sp³-hybridized carbons (Fsp3) is 0.739. The lowest BCUT2D eigenvalue weighted by Crippen LogP contribution is -2.28. The molecule has 1 nitrogen and oxygen atoms in total. The summed E-state index contributed by atoms with van der Waals surface area (Å²) in [6.07, 6.45) is 7.11. The van der Waals surface area contributed by atoms with Gasteiger partial charge in [0.2, 0.25) is 0 Å². The summed E-state index contributed by atoms with van der Waals surface area (Å²) in [5, 5.41) is -0.168. The second-order valence-corrected chi connectivity index (χ2v) is 10.2. The third-order valence-corrected chi connectivity index (χ3v) is 6.42. The highest BCUT2D eigenvalue weighted by Crippen LogP contribution is 2.40. The summed E-state index contributed by atoms with van der Waals surface area (Å²) in [7, 11) is 2.92. The molecule has 0 heterocycles. The molecule has 0 N–H and O–H groups in total. The Morgan fingerprint density at radius 1 is 0.920 bits per heavy atom. The Balaban J connectivity index is 3.23. The fourth-order valence-electron chi connectivity index (χ4n) is 3.20. The highest BCUT2D eigenvalue weighted by molar-refractivity contribution is 7.18. The molecule has 0 fully saturated rings. The molecule has 0 amide bonds. The molecule has 1 unspecified atom stereocenters. The Labute approximate surface area is 159 Å². The van der Waals surface area contributed by atoms with E-state index < -0.39 is 0 Å². The van der Waals surface area contributed by atoms with Crippen molar-refractivity contribution < 1.29 is 4.74 Å². The minimum absolute atomic E-state index is 0.0674. The zero-order valence-corrected chi connectivity index (χ0v) is 19.1. The Hall–Kier alpha value is -0.550. The Morgan fingerprint density at radius 3 is 2.00 bits per heavy atom. The maximum Gasteiger partial charge on any atom is 0.124 e. The van der Waals surface area contributed by atoms with Crippen LogP contribution in [0.4, 0.5) is 0 Å². The van der Waals surface area contributed by atoms with E-state index in [1.165, 1.54) is 36.8 Å². The molecule has 0 aliphatic rings. The normalized spacial score (nSPS) is 13.2. The zero-order chi connectivity index (χ0) is 19.3. The summed E-state index contributed by atoms with van der Waals surface area (Å²) in [4.78, 5) is 0. The van der Waals surface area contributed by atoms with Crippen LogP contribution in [0.3, 0.4) is 0 Å². The van der Waals surface area contributed by atoms with Gasteiger partial charge in [0.1, 0.15) is 11.1 Å². The predicted octanol–water partition coefficient (Wildman–Crippen LogP) is 7.61. The lowest BCUT2D eigenvalue weighted by atomic mass is 9.76. The second kappa shape index (κ2) is 8.90. The molecule has 1 rings (SSSR count). The summed E-state index contributed by atoms with van der Waals surface area (Å²) in [6.45, 7) is 18.3. The van der Waals surface area contributed by atoms with Crippen LogP contribution in [0.25, 0.3) is 0 Å². The number of ether oxygens (including phenoxy) is 1. The van der Waals surface area contributed by atoms with Crippen molar-refractivity contribution in [3.63, 3.8) is 0 Å². The van der Waals surface area contributed by atoms with Crippen LogP contribution in [-0.4, -0.2) is 5.34 Å². The van der Waals surface area contributed by atoms with Gasteiger partial charge in [-0.15, -0.1) is 0 Å². The third-order valence-electron chi connectivity index (χ3n) is 5.48. The van der Waals surface area contributed by atoms with Gasteiger partial charge in [0.25, 0.3) is 0 Å². The summed E-state index contributed by atoms with van der Waals surface area (Å²) >= 11 is 0. The monoisotopic (exact) mass is 364 g/mol. The zero-order valence-electron chi connectivity index (χ0n) is 18.0. The first-order valence-corrected chi connectivity index (χ1v) is 10.7. The number of benzene rings is 1. The van der Waals surface area contributed by atoms with E-state index in [-0.39, 0.29) is 16.2 Å². The first-order chi connectivity index (χ1) is 11.5. The molecule has 0 aliphatic heterocycles. The first-order valence-electron chi connectivity index (χ1n) is 10.1. The Kier molecular flexibility index (Phi) is 8.00. The maximum absolute atomic E-state index is 6.49. The minimum Gasteiger partial charge on any atom is -0.483 e. The molecule has 0 radical (unpaired) electrons. The average molecular weight is 365 g/mol. The highest BCUT2D eigenvalue weighted by atomic mass is 31.0. The number of hydrogen-bond acceptors (Lipinski definition) is 1. The van der Waals surface area contributed by atoms with E-state index in [0.29, 0.717) is 0 Å². The molecule has 1 aromatic carbocycles. The van der Waals surface area contributed by atoms with Gasteiger partial charge in [0, 0.05) is 0 Å². The van der Waals surface area contributed by atoms with Crippen molar-refractivity contribution in [1.82, 2.24) is 0 Å². The lowest BCUT2D eigenvalue weighted by Gasteiger charge is -2.34. The fourth-order valence-corrected chi connectivity index (χ4v) is 3.33. The molecule has 0 spiro atoms. The summed E-state index contributed by atoms with van der Waals surface area (Å²) in [6, 6.07) is 6.90. The third kappa shape index (κ3) is 6.28. The van der Waals surface area contributed by atoms with Crippen LogP contribution in [0.2, 0.25) is 0 Å². The van der Waals surface area contributed by atoms with Crippen molar-refractivity contribution in [3.05, 3.63) is 29.3 Å². The topological polar surface area (TPSA) is 9.23 Å². The van der Waals surface area contributed by atoms with Gasteiger partial charge in [-0.3, -0.25) is 0 Å². The molecule has 0 aromatic heterocycles. The number of unbranched alkanes of at least 4 members (excludes halogenated alkanes) is 2. The van der Waals surface area contributed by atoms with Crippen LogP contribution in [0.1, 0.15) is 105 Å². The van der Waals surface area contributed by atoms with E-state index >= 15 is 0 Å². The van der Waals surface area contributed by atoms with Gasteiger partial charge >= 0.3 is 0 Å². The molecule has 0 aliphatic carbocycles. The maximum atomic E-state index is 6.49. The first kappa shape index (κ1) is 22.5. The van der Waals surface area contributed by atoms with E-state index in [9.17, 15) is 0 Å². The SMILES string of the molecule is CCCCCC(C)(C)c1ccc(OC(P)(CC)CC)c(C(C)(C)C)c1. The lowest BCUT2D eigenvalue weighted by molar-refractivity contribution is 0.152. The van der Waals surface area contributed by atoms with Crippen LogP contribution in [0, 0.1) is 0 Å². The Bertz CT molecular complexity index is 536. The molecular weight excluding hydrogens is 323 g/mol. The largest absolute Gasteiger partial charge is 0.483 e. The molecule has 25 heavy (non-hydrogen) atoms. The van der Waals surface area contributed by atoms with Crippen molar-refractivity contribution in [2.75, 3.05) is 0 Å². The van der Waals surface area contributed by atoms with E-state index in [1.807, 2.05) is 0 Å². The van der Waals surface area contributed by atoms with Crippen molar-refractivity contribution in [3.8, 4) is 5.75 Å². The standard InChI is InChI=1S/C23H41OP/c1-9-12-13-16-22(7,8)18-14-15-20(19(17-18)21(4,5)6)24-23(25,10-2)11-3/h14-15,17H,9-13,16,25H2,1-8H3. The molecule has 0 bridgehead atoms. The second-order valence-electron chi connectivity index (χ2n) is 9.18. The van der Waals surface area contributed by atoms with E-state index in [1.54, 1.807) is 0 Å². The summed E-state index contributed by atoms with van der Waals surface area (Å²) in [5.41, 5.74) is 3.03. The van der Waals surface area contributed by atoms with Gasteiger partial charge in [0.15, 0.2) is 0 Å². The van der Waals surface area contributed by atoms with Gasteiger partial charge in [-0.25, -0.2) is 0 Å². The van der Waals surface area contributed by atoms with Crippen LogP contribution in [0.15, 0.2) is 18.2 Å². The Morgan fingerprint density at radius 2 is 1.52 bits per heavy atom. The van der Waals surface area contributed by atoms with Gasteiger partial charge < -0.3 is 4.74 Å². The van der Waals surface area contributed by atoms with Crippen molar-refractivity contribution in [2.45, 2.75) is 110 Å². The van der Waals surface area contributed by atoms with Gasteiger partial charge in [0.05, 0.1) is 0 Å². The van der Waals surface area contributed by atoms with Crippen LogP contribution >= 0.6 is 9.24 Å². The molecule has 1 atom stereocenters. The van der Waals surface area contributed by atoms with Crippen molar-refractivity contribution >= 4 is 9.24 Å². The predicted molar refractivity (Wildman–Crippen MR) is 116 cm³/mol. The molecule has 0 saturated carbocycles. The smallest absolute Gasteiger partial charge is 0.124 e. The van der Waals surface area contributed by atoms with Crippen LogP contribution in [0.5, 0.6) is 5.75 Å². The summed E-state index contributed by atoms with van der Waals surface area (Å²) in [5.74, 6) is 1.04. The molecule has 1 aromatic rings. The van der Waals surface area contributed by atoms with Crippen LogP contribution < -0.4 is 4.74 Å². The minimum atomic E-state index is -0.168. The highest BCUT2D eigenvalue weighted by Gasteiger charge is 2.29. The van der Waals surface area contributed by atoms with Gasteiger partial charge in [-0.2, -0.15) is 0 Å². The van der Waals surface area contributed by atoms with E-state index in [2.05, 4.69) is 82.8 Å². The van der Waals surface area contributed by atoms with E-state index in [0.717, 1.165) is 18.6 Å². The van der Waals surface area contributed by atoms with Crippen molar-refractivity contribution in [2.24, 2.45) is 0 Å². The number of rotatable bonds is 9. The quantitative estimate of drug-likeness (QED) is 0.323. The number of hydrogen-bond donors (Lipinski definition) is 0. The molecule has 0 saturated heterocycles. The van der Waals surface area contributed by atoms with Crippen molar-refractivity contribution in [1.29, 1.82) is 0 Å². The average Bonchev–Trinajstić information content (AvgIpc) is 2.54. The van der Waals surface area contributed by atoms with E-state index in [4.69, 9.17) is 4.74 Å². The van der Waals surface area contributed by atoms with Gasteiger partial charge in [-0.1, -0.05) is 96.0 Å². The summed E-state index contributed by atoms with van der Waals surface area (Å²) < 4.78 is 6.49. The molecular formula is C23H41OP. The molecule has 2 heteroatoms. The van der Waals surface area contributed by atoms with Gasteiger partial charge in [-0.05, 0) is 47.3 Å².